The summed E-state index contributed by atoms with van der Waals surface area (Å²) in [6.45, 7) is 0.445. The molecule has 0 atom stereocenters. The molecule has 0 aliphatic heterocycles. The number of sulfonamides is 1. The normalized spacial score (nSPS) is 11.3. The average molecular weight is 385 g/mol. The fraction of sp³-hybridized carbons (Fsp3) is 0.167. The number of nitrogens with two attached hydrogens (primary N) is 1. The summed E-state index contributed by atoms with van der Waals surface area (Å²) in [5.74, 6) is 0.621. The van der Waals surface area contributed by atoms with Gasteiger partial charge in [0.05, 0.1) is 12.4 Å². The lowest BCUT2D eigenvalue weighted by molar-refractivity contribution is 0.185. The summed E-state index contributed by atoms with van der Waals surface area (Å²) in [5.41, 5.74) is 3.04. The third-order valence-corrected chi connectivity index (χ3v) is 4.42. The van der Waals surface area contributed by atoms with Gasteiger partial charge in [-0.15, -0.1) is 0 Å². The van der Waals surface area contributed by atoms with Crippen molar-refractivity contribution in [1.82, 2.24) is 15.0 Å². The maximum absolute atomic E-state index is 11.3. The van der Waals surface area contributed by atoms with Crippen molar-refractivity contribution in [3.63, 3.8) is 0 Å². The van der Waals surface area contributed by atoms with E-state index in [0.29, 0.717) is 29.6 Å². The molecule has 3 rings (SSSR count). The van der Waals surface area contributed by atoms with E-state index in [1.165, 1.54) is 6.33 Å². The molecular formula is C18H19N5O3S. The zero-order valence-corrected chi connectivity index (χ0v) is 15.5. The number of anilines is 2. The molecule has 0 aliphatic rings. The van der Waals surface area contributed by atoms with Gasteiger partial charge in [-0.25, -0.2) is 23.5 Å². The van der Waals surface area contributed by atoms with Crippen molar-refractivity contribution in [3.8, 4) is 11.4 Å². The first-order chi connectivity index (χ1) is 12.9. The van der Waals surface area contributed by atoms with Crippen molar-refractivity contribution >= 4 is 21.7 Å². The molecule has 0 spiro atoms. The molecule has 3 N–H and O–H groups in total. The molecule has 8 nitrogen and oxygen atoms in total. The first-order valence-electron chi connectivity index (χ1n) is 8.07. The molecule has 0 fully saturated rings. The number of methoxy groups -OCH3 is 1. The van der Waals surface area contributed by atoms with E-state index >= 15 is 0 Å². The van der Waals surface area contributed by atoms with Crippen molar-refractivity contribution < 1.29 is 13.2 Å². The average Bonchev–Trinajstić information content (AvgIpc) is 2.61. The number of benzene rings is 2. The van der Waals surface area contributed by atoms with E-state index in [1.807, 2.05) is 24.3 Å². The van der Waals surface area contributed by atoms with Gasteiger partial charge in [-0.2, -0.15) is 4.98 Å². The van der Waals surface area contributed by atoms with Gasteiger partial charge >= 0.3 is 0 Å². The molecule has 9 heteroatoms. The lowest BCUT2D eigenvalue weighted by atomic mass is 10.1. The number of hydrogen-bond acceptors (Lipinski definition) is 7. The Hall–Kier alpha value is -2.88. The van der Waals surface area contributed by atoms with E-state index in [2.05, 4.69) is 20.3 Å². The van der Waals surface area contributed by atoms with Crippen molar-refractivity contribution in [2.24, 2.45) is 5.14 Å². The Bertz CT molecular complexity index is 1040. The van der Waals surface area contributed by atoms with Gasteiger partial charge in [0.1, 0.15) is 6.33 Å². The van der Waals surface area contributed by atoms with Crippen LogP contribution in [0.15, 0.2) is 54.9 Å². The van der Waals surface area contributed by atoms with Crippen LogP contribution in [0.5, 0.6) is 0 Å². The predicted molar refractivity (Wildman–Crippen MR) is 103 cm³/mol. The van der Waals surface area contributed by atoms with Gasteiger partial charge in [-0.1, -0.05) is 36.4 Å². The Morgan fingerprint density at radius 1 is 1.11 bits per heavy atom. The van der Waals surface area contributed by atoms with Crippen LogP contribution in [0.1, 0.15) is 11.1 Å². The minimum atomic E-state index is -3.60. The zero-order chi connectivity index (χ0) is 19.3. The molecule has 3 aromatic rings. The molecule has 2 aromatic carbocycles. The summed E-state index contributed by atoms with van der Waals surface area (Å²) in [6.07, 6.45) is 1.42. The van der Waals surface area contributed by atoms with Gasteiger partial charge in [0, 0.05) is 18.4 Å². The highest BCUT2D eigenvalue weighted by Crippen LogP contribution is 2.22. The molecule has 0 amide bonds. The van der Waals surface area contributed by atoms with E-state index in [4.69, 9.17) is 9.88 Å². The van der Waals surface area contributed by atoms with E-state index in [-0.39, 0.29) is 5.75 Å². The summed E-state index contributed by atoms with van der Waals surface area (Å²) in [5, 5.41) is 8.16. The number of ether oxygens (including phenoxy) is 1. The van der Waals surface area contributed by atoms with Crippen LogP contribution in [-0.2, 0) is 27.1 Å². The summed E-state index contributed by atoms with van der Waals surface area (Å²) in [4.78, 5) is 12.8. The van der Waals surface area contributed by atoms with Crippen molar-refractivity contribution in [1.29, 1.82) is 0 Å². The topological polar surface area (TPSA) is 120 Å². The highest BCUT2D eigenvalue weighted by Gasteiger charge is 2.10. The number of rotatable bonds is 7. The third-order valence-electron chi connectivity index (χ3n) is 3.68. The van der Waals surface area contributed by atoms with Gasteiger partial charge in [0.25, 0.3) is 0 Å². The monoisotopic (exact) mass is 385 g/mol. The second kappa shape index (κ2) is 8.21. The predicted octanol–water partition coefficient (Wildman–Crippen LogP) is 2.22. The highest BCUT2D eigenvalue weighted by molar-refractivity contribution is 7.88. The van der Waals surface area contributed by atoms with Gasteiger partial charge < -0.3 is 10.1 Å². The largest absolute Gasteiger partial charge is 0.380 e. The first-order valence-corrected chi connectivity index (χ1v) is 9.79. The molecule has 0 unspecified atom stereocenters. The fourth-order valence-electron chi connectivity index (χ4n) is 2.61. The van der Waals surface area contributed by atoms with Crippen molar-refractivity contribution in [3.05, 3.63) is 66.0 Å². The van der Waals surface area contributed by atoms with Crippen LogP contribution in [0.4, 0.5) is 11.6 Å². The zero-order valence-electron chi connectivity index (χ0n) is 14.7. The van der Waals surface area contributed by atoms with Crippen LogP contribution in [0.3, 0.4) is 0 Å². The standard InChI is InChI=1S/C18H19N5O3S/c1-26-10-14-6-2-3-8-16(14)17-20-12-21-18(23-17)22-15-7-4-5-13(9-15)11-27(19,24)25/h2-9,12H,10-11H2,1H3,(H2,19,24,25)(H,20,21,22,23). The van der Waals surface area contributed by atoms with Gasteiger partial charge in [0.15, 0.2) is 5.82 Å². The number of primary sulfonamides is 1. The van der Waals surface area contributed by atoms with Gasteiger partial charge in [-0.05, 0) is 23.3 Å². The van der Waals surface area contributed by atoms with Crippen LogP contribution in [0.25, 0.3) is 11.4 Å². The molecule has 1 aromatic heterocycles. The molecule has 0 saturated carbocycles. The number of nitrogens with zero attached hydrogens (tertiary/aromatic N) is 3. The van der Waals surface area contributed by atoms with Crippen molar-refractivity contribution in [2.45, 2.75) is 12.4 Å². The summed E-state index contributed by atoms with van der Waals surface area (Å²) in [7, 11) is -1.97. The second-order valence-electron chi connectivity index (χ2n) is 5.86. The molecule has 0 radical (unpaired) electrons. The Morgan fingerprint density at radius 2 is 1.93 bits per heavy atom. The minimum Gasteiger partial charge on any atom is -0.380 e. The number of hydrogen-bond donors (Lipinski definition) is 2. The van der Waals surface area contributed by atoms with E-state index in [0.717, 1.165) is 11.1 Å². The van der Waals surface area contributed by atoms with Crippen LogP contribution in [0.2, 0.25) is 0 Å². The molecule has 0 saturated heterocycles. The van der Waals surface area contributed by atoms with E-state index < -0.39 is 10.0 Å². The first kappa shape index (κ1) is 18.9. The fourth-order valence-corrected chi connectivity index (χ4v) is 3.25. The van der Waals surface area contributed by atoms with Crippen LogP contribution in [0, 0.1) is 0 Å². The smallest absolute Gasteiger partial charge is 0.230 e. The Balaban J connectivity index is 1.86. The van der Waals surface area contributed by atoms with Crippen LogP contribution >= 0.6 is 0 Å². The van der Waals surface area contributed by atoms with Gasteiger partial charge in [0.2, 0.25) is 16.0 Å². The van der Waals surface area contributed by atoms with Crippen LogP contribution < -0.4 is 10.5 Å². The molecule has 0 aliphatic carbocycles. The lowest BCUT2D eigenvalue weighted by Gasteiger charge is -2.10. The van der Waals surface area contributed by atoms with Gasteiger partial charge in [-0.3, -0.25) is 0 Å². The van der Waals surface area contributed by atoms with E-state index in [9.17, 15) is 8.42 Å². The molecule has 1 heterocycles. The highest BCUT2D eigenvalue weighted by atomic mass is 32.2. The second-order valence-corrected chi connectivity index (χ2v) is 7.47. The summed E-state index contributed by atoms with van der Waals surface area (Å²) >= 11 is 0. The minimum absolute atomic E-state index is 0.241. The molecule has 140 valence electrons. The number of nitrogens with one attached hydrogen (secondary N) is 1. The Labute approximate surface area is 157 Å². The molecule has 27 heavy (non-hydrogen) atoms. The maximum atomic E-state index is 11.3. The quantitative estimate of drug-likeness (QED) is 0.640. The van der Waals surface area contributed by atoms with Crippen molar-refractivity contribution in [2.75, 3.05) is 12.4 Å². The van der Waals surface area contributed by atoms with Crippen LogP contribution in [-0.4, -0.2) is 30.5 Å². The van der Waals surface area contributed by atoms with E-state index in [1.54, 1.807) is 31.4 Å². The maximum Gasteiger partial charge on any atom is 0.230 e. The summed E-state index contributed by atoms with van der Waals surface area (Å²) < 4.78 is 27.8. The molecule has 0 bridgehead atoms. The summed E-state index contributed by atoms with van der Waals surface area (Å²) in [6, 6.07) is 14.6. The SMILES string of the molecule is COCc1ccccc1-c1ncnc(Nc2cccc(CS(N)(=O)=O)c2)n1. The molecular weight excluding hydrogens is 366 g/mol. The number of aromatic nitrogens is 3. The Morgan fingerprint density at radius 3 is 2.70 bits per heavy atom. The Kier molecular flexibility index (Phi) is 5.75. The third kappa shape index (κ3) is 5.30. The lowest BCUT2D eigenvalue weighted by Crippen LogP contribution is -2.14.